The van der Waals surface area contributed by atoms with E-state index in [1.165, 1.54) is 6.07 Å². The van der Waals surface area contributed by atoms with Crippen molar-refractivity contribution >= 4 is 5.91 Å². The van der Waals surface area contributed by atoms with Crippen LogP contribution in [0, 0.1) is 24.0 Å². The largest absolute Gasteiger partial charge is 0.340 e. The molecule has 0 aromatic heterocycles. The average molecular weight is 237 g/mol. The first-order chi connectivity index (χ1) is 7.85. The maximum atomic E-state index is 13.3. The number of amides is 1. The third kappa shape index (κ3) is 3.56. The zero-order chi connectivity index (χ0) is 13.1. The second-order valence-corrected chi connectivity index (χ2v) is 4.19. The highest BCUT2D eigenvalue weighted by molar-refractivity contribution is 5.79. The Kier molecular flexibility index (Phi) is 3.84. The highest BCUT2D eigenvalue weighted by Gasteiger charge is 2.19. The highest BCUT2D eigenvalue weighted by atomic mass is 19.1. The summed E-state index contributed by atoms with van der Waals surface area (Å²) >= 11 is 0. The fraction of sp³-hybridized carbons (Fsp3) is 0.308. The smallest absolute Gasteiger partial charge is 0.225 e. The molecule has 4 heteroatoms. The molecule has 1 aromatic carbocycles. The minimum absolute atomic E-state index is 0.252. The Balaban J connectivity index is 2.80. The van der Waals surface area contributed by atoms with Gasteiger partial charge in [-0.1, -0.05) is 12.0 Å². The second-order valence-electron chi connectivity index (χ2n) is 4.19. The first-order valence-electron chi connectivity index (χ1n) is 5.07. The maximum absolute atomic E-state index is 13.3. The van der Waals surface area contributed by atoms with E-state index in [0.29, 0.717) is 0 Å². The van der Waals surface area contributed by atoms with Crippen LogP contribution in [0.1, 0.15) is 19.4 Å². The van der Waals surface area contributed by atoms with Gasteiger partial charge in [0, 0.05) is 5.56 Å². The second kappa shape index (κ2) is 4.96. The molecule has 0 saturated carbocycles. The lowest BCUT2D eigenvalue weighted by Gasteiger charge is -2.19. The minimum atomic E-state index is -0.835. The predicted octanol–water partition coefficient (Wildman–Crippen LogP) is 2.04. The molecule has 1 amide bonds. The lowest BCUT2D eigenvalue weighted by Crippen LogP contribution is -2.43. The van der Waals surface area contributed by atoms with Gasteiger partial charge >= 0.3 is 0 Å². The molecule has 90 valence electrons. The van der Waals surface area contributed by atoms with E-state index in [1.807, 2.05) is 0 Å². The summed E-state index contributed by atoms with van der Waals surface area (Å²) in [4.78, 5) is 11.6. The summed E-state index contributed by atoms with van der Waals surface area (Å²) < 4.78 is 26.5. The standard InChI is InChI=1S/C13H13F2NO/c1-4-13(2,3)16-12(17)8-9-10(14)6-5-7-11(9)15/h1,5-7H,8H2,2-3H3,(H,16,17). The van der Waals surface area contributed by atoms with Crippen LogP contribution in [0.5, 0.6) is 0 Å². The quantitative estimate of drug-likeness (QED) is 0.801. The molecule has 0 heterocycles. The van der Waals surface area contributed by atoms with Crippen molar-refractivity contribution in [1.29, 1.82) is 0 Å². The number of terminal acetylenes is 1. The number of nitrogens with one attached hydrogen (secondary N) is 1. The van der Waals surface area contributed by atoms with E-state index >= 15 is 0 Å². The number of rotatable bonds is 3. The van der Waals surface area contributed by atoms with Gasteiger partial charge in [0.25, 0.3) is 0 Å². The van der Waals surface area contributed by atoms with Crippen LogP contribution in [-0.2, 0) is 11.2 Å². The molecule has 0 spiro atoms. The third-order valence-electron chi connectivity index (χ3n) is 2.21. The lowest BCUT2D eigenvalue weighted by atomic mass is 10.1. The molecule has 0 bridgehead atoms. The van der Waals surface area contributed by atoms with E-state index in [4.69, 9.17) is 6.42 Å². The molecular weight excluding hydrogens is 224 g/mol. The third-order valence-corrected chi connectivity index (χ3v) is 2.21. The molecule has 1 rings (SSSR count). The number of carbonyl (C=O) groups excluding carboxylic acids is 1. The molecule has 0 aliphatic rings. The van der Waals surface area contributed by atoms with Gasteiger partial charge in [-0.05, 0) is 26.0 Å². The van der Waals surface area contributed by atoms with E-state index in [9.17, 15) is 13.6 Å². The minimum Gasteiger partial charge on any atom is -0.340 e. The van der Waals surface area contributed by atoms with Crippen LogP contribution < -0.4 is 5.32 Å². The van der Waals surface area contributed by atoms with Gasteiger partial charge in [0.2, 0.25) is 5.91 Å². The summed E-state index contributed by atoms with van der Waals surface area (Å²) in [5.41, 5.74) is -1.09. The maximum Gasteiger partial charge on any atom is 0.225 e. The zero-order valence-corrected chi connectivity index (χ0v) is 9.68. The van der Waals surface area contributed by atoms with E-state index in [2.05, 4.69) is 11.2 Å². The summed E-state index contributed by atoms with van der Waals surface area (Å²) in [5, 5.41) is 2.50. The predicted molar refractivity (Wildman–Crippen MR) is 61.1 cm³/mol. The van der Waals surface area contributed by atoms with Gasteiger partial charge in [-0.3, -0.25) is 4.79 Å². The van der Waals surface area contributed by atoms with Crippen LogP contribution in [0.15, 0.2) is 18.2 Å². The summed E-state index contributed by atoms with van der Waals surface area (Å²) in [5.74, 6) is 0.376. The van der Waals surface area contributed by atoms with Gasteiger partial charge in [-0.2, -0.15) is 0 Å². The van der Waals surface area contributed by atoms with Gasteiger partial charge in [-0.25, -0.2) is 8.78 Å². The van der Waals surface area contributed by atoms with Crippen LogP contribution in [-0.4, -0.2) is 11.4 Å². The molecule has 0 saturated heterocycles. The monoisotopic (exact) mass is 237 g/mol. The summed E-state index contributed by atoms with van der Waals surface area (Å²) in [7, 11) is 0. The van der Waals surface area contributed by atoms with Gasteiger partial charge in [0.15, 0.2) is 0 Å². The summed E-state index contributed by atoms with van der Waals surface area (Å²) in [6, 6.07) is 3.47. The average Bonchev–Trinajstić information content (AvgIpc) is 2.23. The van der Waals surface area contributed by atoms with Gasteiger partial charge in [-0.15, -0.1) is 6.42 Å². The first kappa shape index (κ1) is 13.2. The van der Waals surface area contributed by atoms with Crippen molar-refractivity contribution in [3.8, 4) is 12.3 Å². The molecule has 0 unspecified atom stereocenters. The van der Waals surface area contributed by atoms with Crippen LogP contribution in [0.2, 0.25) is 0 Å². The van der Waals surface area contributed by atoms with Crippen molar-refractivity contribution in [2.75, 3.05) is 0 Å². The zero-order valence-electron chi connectivity index (χ0n) is 9.68. The molecule has 1 N–H and O–H groups in total. The van der Waals surface area contributed by atoms with Crippen LogP contribution >= 0.6 is 0 Å². The Morgan fingerprint density at radius 1 is 1.41 bits per heavy atom. The van der Waals surface area contributed by atoms with Crippen molar-refractivity contribution < 1.29 is 13.6 Å². The molecular formula is C13H13F2NO. The fourth-order valence-corrected chi connectivity index (χ4v) is 1.29. The topological polar surface area (TPSA) is 29.1 Å². The van der Waals surface area contributed by atoms with Crippen LogP contribution in [0.4, 0.5) is 8.78 Å². The molecule has 0 fully saturated rings. The Morgan fingerprint density at radius 2 is 1.94 bits per heavy atom. The highest BCUT2D eigenvalue weighted by Crippen LogP contribution is 2.13. The van der Waals surface area contributed by atoms with Crippen molar-refractivity contribution in [3.05, 3.63) is 35.4 Å². The van der Waals surface area contributed by atoms with Gasteiger partial charge in [0.05, 0.1) is 12.0 Å². The van der Waals surface area contributed by atoms with Crippen molar-refractivity contribution in [2.24, 2.45) is 0 Å². The van der Waals surface area contributed by atoms with Crippen LogP contribution in [0.3, 0.4) is 0 Å². The summed E-state index contributed by atoms with van der Waals surface area (Å²) in [6.07, 6.45) is 4.82. The Labute approximate surface area is 99.0 Å². The van der Waals surface area contributed by atoms with Crippen LogP contribution in [0.25, 0.3) is 0 Å². The molecule has 0 aliphatic carbocycles. The fourth-order valence-electron chi connectivity index (χ4n) is 1.29. The SMILES string of the molecule is C#CC(C)(C)NC(=O)Cc1c(F)cccc1F. The normalized spacial score (nSPS) is 10.8. The Hall–Kier alpha value is -1.89. The van der Waals surface area contributed by atoms with Crippen molar-refractivity contribution in [3.63, 3.8) is 0 Å². The van der Waals surface area contributed by atoms with E-state index in [0.717, 1.165) is 12.1 Å². The van der Waals surface area contributed by atoms with Gasteiger partial charge in [0.1, 0.15) is 11.6 Å². The van der Waals surface area contributed by atoms with E-state index in [-0.39, 0.29) is 12.0 Å². The van der Waals surface area contributed by atoms with E-state index in [1.54, 1.807) is 13.8 Å². The van der Waals surface area contributed by atoms with E-state index < -0.39 is 23.1 Å². The lowest BCUT2D eigenvalue weighted by molar-refractivity contribution is -0.121. The number of hydrogen-bond acceptors (Lipinski definition) is 1. The number of hydrogen-bond donors (Lipinski definition) is 1. The van der Waals surface area contributed by atoms with Crippen molar-refractivity contribution in [1.82, 2.24) is 5.32 Å². The van der Waals surface area contributed by atoms with Crippen molar-refractivity contribution in [2.45, 2.75) is 25.8 Å². The Bertz CT molecular complexity index is 455. The Morgan fingerprint density at radius 3 is 2.41 bits per heavy atom. The van der Waals surface area contributed by atoms with Gasteiger partial charge < -0.3 is 5.32 Å². The summed E-state index contributed by atoms with van der Waals surface area (Å²) in [6.45, 7) is 3.26. The molecule has 0 atom stereocenters. The first-order valence-corrected chi connectivity index (χ1v) is 5.07. The molecule has 1 aromatic rings. The number of halogens is 2. The molecule has 0 aliphatic heterocycles. The molecule has 0 radical (unpaired) electrons. The number of carbonyl (C=O) groups is 1. The number of benzene rings is 1. The molecule has 2 nitrogen and oxygen atoms in total. The molecule has 17 heavy (non-hydrogen) atoms.